The van der Waals surface area contributed by atoms with E-state index in [1.165, 1.54) is 13.0 Å². The molecule has 1 amide bonds. The van der Waals surface area contributed by atoms with E-state index in [4.69, 9.17) is 5.21 Å². The first-order valence-electron chi connectivity index (χ1n) is 10.5. The number of nitrogens with one attached hydrogen (secondary N) is 1. The van der Waals surface area contributed by atoms with Crippen LogP contribution in [-0.4, -0.2) is 33.9 Å². The van der Waals surface area contributed by atoms with Crippen LogP contribution in [-0.2, 0) is 9.59 Å². The molecule has 3 rings (SSSR count). The Balaban J connectivity index is 1.90. The highest BCUT2D eigenvalue weighted by Gasteiger charge is 2.62. The summed E-state index contributed by atoms with van der Waals surface area (Å²) in [4.78, 5) is 24.9. The minimum Gasteiger partial charge on any atom is -0.409 e. The van der Waals surface area contributed by atoms with Crippen molar-refractivity contribution in [2.45, 2.75) is 78.7 Å². The zero-order valence-electron chi connectivity index (χ0n) is 17.5. The number of carbonyl (C=O) groups is 2. The second-order valence-electron chi connectivity index (χ2n) is 9.94. The molecule has 6 atom stereocenters. The lowest BCUT2D eigenvalue weighted by Crippen LogP contribution is -2.53. The van der Waals surface area contributed by atoms with Crippen LogP contribution in [0.1, 0.15) is 72.6 Å². The van der Waals surface area contributed by atoms with Gasteiger partial charge >= 0.3 is 0 Å². The molecule has 0 aromatic rings. The van der Waals surface area contributed by atoms with Crippen LogP contribution < -0.4 is 5.32 Å². The Morgan fingerprint density at radius 2 is 1.96 bits per heavy atom. The minimum absolute atomic E-state index is 0.0521. The molecular weight excluding hydrogens is 356 g/mol. The molecule has 3 aliphatic rings. The van der Waals surface area contributed by atoms with Crippen molar-refractivity contribution in [3.8, 4) is 0 Å². The van der Waals surface area contributed by atoms with Gasteiger partial charge in [0.1, 0.15) is 11.6 Å². The molecule has 0 spiro atoms. The van der Waals surface area contributed by atoms with E-state index in [2.05, 4.69) is 24.3 Å². The summed E-state index contributed by atoms with van der Waals surface area (Å²) in [5.74, 6) is 0.665. The van der Waals surface area contributed by atoms with Crippen LogP contribution in [0.2, 0.25) is 0 Å². The summed E-state index contributed by atoms with van der Waals surface area (Å²) in [6.07, 6.45) is 8.46. The molecule has 2 bridgehead atoms. The molecule has 156 valence electrons. The van der Waals surface area contributed by atoms with Crippen molar-refractivity contribution >= 4 is 17.5 Å². The summed E-state index contributed by atoms with van der Waals surface area (Å²) in [5, 5.41) is 25.3. The molecule has 6 heteroatoms. The molecule has 0 saturated heterocycles. The largest absolute Gasteiger partial charge is 0.409 e. The first kappa shape index (κ1) is 21.0. The van der Waals surface area contributed by atoms with Gasteiger partial charge in [0, 0.05) is 17.8 Å². The maximum absolute atomic E-state index is 12.9. The Kier molecular flexibility index (Phi) is 5.47. The van der Waals surface area contributed by atoms with Crippen molar-refractivity contribution in [3.05, 3.63) is 12.2 Å². The topological polar surface area (TPSA) is 99.0 Å². The summed E-state index contributed by atoms with van der Waals surface area (Å²) in [7, 11) is 0. The fourth-order valence-electron chi connectivity index (χ4n) is 6.20. The molecule has 3 saturated carbocycles. The van der Waals surface area contributed by atoms with Crippen LogP contribution in [0.5, 0.6) is 0 Å². The predicted molar refractivity (Wildman–Crippen MR) is 107 cm³/mol. The van der Waals surface area contributed by atoms with E-state index in [-0.39, 0.29) is 28.5 Å². The number of oxime groups is 1. The van der Waals surface area contributed by atoms with Crippen LogP contribution in [0.15, 0.2) is 17.3 Å². The Morgan fingerprint density at radius 1 is 1.25 bits per heavy atom. The maximum Gasteiger partial charge on any atom is 0.249 e. The second kappa shape index (κ2) is 7.29. The monoisotopic (exact) mass is 390 g/mol. The van der Waals surface area contributed by atoms with E-state index in [0.717, 1.165) is 32.1 Å². The van der Waals surface area contributed by atoms with Crippen LogP contribution in [0, 0.1) is 28.1 Å². The Labute approximate surface area is 167 Å². The van der Waals surface area contributed by atoms with Crippen LogP contribution in [0.25, 0.3) is 0 Å². The van der Waals surface area contributed by atoms with Crippen LogP contribution in [0.3, 0.4) is 0 Å². The van der Waals surface area contributed by atoms with Gasteiger partial charge in [-0.05, 0) is 68.3 Å². The normalized spacial score (nSPS) is 44.1. The number of hydrogen-bond acceptors (Lipinski definition) is 5. The van der Waals surface area contributed by atoms with Crippen molar-refractivity contribution in [2.24, 2.45) is 33.2 Å². The van der Waals surface area contributed by atoms with Gasteiger partial charge in [0.25, 0.3) is 0 Å². The zero-order chi connectivity index (χ0) is 20.7. The van der Waals surface area contributed by atoms with Gasteiger partial charge < -0.3 is 15.6 Å². The van der Waals surface area contributed by atoms with E-state index < -0.39 is 11.5 Å². The number of rotatable bonds is 2. The highest BCUT2D eigenvalue weighted by Crippen LogP contribution is 2.65. The fraction of sp³-hybridized carbons (Fsp3) is 0.773. The summed E-state index contributed by atoms with van der Waals surface area (Å²) >= 11 is 0. The summed E-state index contributed by atoms with van der Waals surface area (Å²) < 4.78 is 0. The molecule has 28 heavy (non-hydrogen) atoms. The average molecular weight is 391 g/mol. The van der Waals surface area contributed by atoms with Crippen molar-refractivity contribution in [1.82, 2.24) is 5.32 Å². The number of hydrogen-bond donors (Lipinski definition) is 3. The predicted octanol–water partition coefficient (Wildman–Crippen LogP) is 3.42. The summed E-state index contributed by atoms with van der Waals surface area (Å²) in [5.41, 5.74) is -0.692. The maximum atomic E-state index is 12.9. The molecule has 3 aliphatic carbocycles. The highest BCUT2D eigenvalue weighted by molar-refractivity contribution is 6.01. The first-order valence-corrected chi connectivity index (χ1v) is 10.5. The lowest BCUT2D eigenvalue weighted by molar-refractivity contribution is -0.144. The number of aliphatic hydroxyl groups is 1. The number of nitrogens with zero attached hydrogens (tertiary/aromatic N) is 1. The fourth-order valence-corrected chi connectivity index (χ4v) is 6.20. The van der Waals surface area contributed by atoms with Crippen molar-refractivity contribution in [1.29, 1.82) is 0 Å². The van der Waals surface area contributed by atoms with Gasteiger partial charge in [-0.25, -0.2) is 0 Å². The van der Waals surface area contributed by atoms with Gasteiger partial charge in [0.2, 0.25) is 5.91 Å². The Morgan fingerprint density at radius 3 is 2.64 bits per heavy atom. The van der Waals surface area contributed by atoms with Gasteiger partial charge in [-0.2, -0.15) is 0 Å². The zero-order valence-corrected chi connectivity index (χ0v) is 17.5. The third kappa shape index (κ3) is 3.40. The Bertz CT molecular complexity index is 717. The smallest absolute Gasteiger partial charge is 0.249 e. The first-order chi connectivity index (χ1) is 13.1. The number of carbonyl (C=O) groups excluding carboxylic acids is 2. The van der Waals surface area contributed by atoms with Crippen molar-refractivity contribution in [2.75, 3.05) is 0 Å². The molecule has 6 nitrogen and oxygen atoms in total. The lowest BCUT2D eigenvalue weighted by atomic mass is 9.47. The third-order valence-electron chi connectivity index (χ3n) is 8.30. The van der Waals surface area contributed by atoms with E-state index in [0.29, 0.717) is 24.5 Å². The van der Waals surface area contributed by atoms with Crippen molar-refractivity contribution in [3.63, 3.8) is 0 Å². The van der Waals surface area contributed by atoms with E-state index in [1.807, 2.05) is 6.92 Å². The molecule has 0 aromatic carbocycles. The van der Waals surface area contributed by atoms with Crippen molar-refractivity contribution < 1.29 is 19.9 Å². The van der Waals surface area contributed by atoms with E-state index >= 15 is 0 Å². The lowest BCUT2D eigenvalue weighted by Gasteiger charge is -2.57. The van der Waals surface area contributed by atoms with Gasteiger partial charge in [-0.3, -0.25) is 9.59 Å². The number of ketones is 1. The van der Waals surface area contributed by atoms with E-state index in [9.17, 15) is 14.7 Å². The molecule has 0 aliphatic heterocycles. The summed E-state index contributed by atoms with van der Waals surface area (Å²) in [6.45, 7) is 8.05. The van der Waals surface area contributed by atoms with Crippen LogP contribution >= 0.6 is 0 Å². The molecule has 0 unspecified atom stereocenters. The van der Waals surface area contributed by atoms with Gasteiger partial charge in [0.15, 0.2) is 0 Å². The molecule has 0 radical (unpaired) electrons. The Hall–Kier alpha value is -1.69. The van der Waals surface area contributed by atoms with Crippen LogP contribution in [0.4, 0.5) is 0 Å². The quantitative estimate of drug-likeness (QED) is 0.221. The number of Topliss-reactive ketones (excluding diaryl/α,β-unsaturated/α-hetero) is 1. The summed E-state index contributed by atoms with van der Waals surface area (Å²) in [6, 6.07) is 0. The second-order valence-corrected chi connectivity index (χ2v) is 9.94. The molecule has 3 N–H and O–H groups in total. The minimum atomic E-state index is -0.601. The van der Waals surface area contributed by atoms with E-state index in [1.54, 1.807) is 6.08 Å². The highest BCUT2D eigenvalue weighted by atomic mass is 16.4. The van der Waals surface area contributed by atoms with Gasteiger partial charge in [0.05, 0.1) is 6.10 Å². The SMILES string of the molecule is C/C(=N/O)NC(=O)/C=C/[C@]1(C)CC[C@]2(C)[C@H](C)CC[C@]3(CCC(=O)[C@H]32)C[C@@H]1O. The van der Waals surface area contributed by atoms with Gasteiger partial charge in [-0.15, -0.1) is 0 Å². The molecule has 3 fully saturated rings. The third-order valence-corrected chi connectivity index (χ3v) is 8.30. The van der Waals surface area contributed by atoms with Gasteiger partial charge in [-0.1, -0.05) is 32.0 Å². The average Bonchev–Trinajstić information content (AvgIpc) is 2.98. The molecular formula is C22H34N2O4. The standard InChI is InChI=1S/C22H34N2O4/c1-14-5-9-22-10-6-16(25)19(22)21(14,4)12-11-20(3,17(26)13-22)8-7-18(27)23-15(2)24-28/h7-8,14,17,19,26,28H,5-6,9-13H2,1-4H3,(H,23,24,27)/b8-7+/t14-,17+,19+,20-,21-,22+/m1/s1. The number of amidine groups is 1. The number of amides is 1. The molecule has 0 aromatic heterocycles. The molecule has 0 heterocycles. The number of aliphatic hydroxyl groups excluding tert-OH is 1.